The largest absolute Gasteiger partial charge is 0.355 e. The van der Waals surface area contributed by atoms with Crippen molar-refractivity contribution >= 4 is 11.8 Å². The molecule has 1 N–H and O–H groups in total. The number of nitrogens with one attached hydrogen (secondary N) is 1. The van der Waals surface area contributed by atoms with Crippen LogP contribution in [0.25, 0.3) is 0 Å². The molecule has 0 radical (unpaired) electrons. The fraction of sp³-hybridized carbons (Fsp3) is 0.556. The lowest BCUT2D eigenvalue weighted by Gasteiger charge is -2.31. The Bertz CT molecular complexity index is 481. The Morgan fingerprint density at radius 3 is 2.50 bits per heavy atom. The molecule has 0 unspecified atom stereocenters. The second-order valence-corrected chi connectivity index (χ2v) is 6.06. The number of hydrogen-bond acceptors (Lipinski definition) is 2. The Balaban J connectivity index is 1.66. The molecule has 1 aliphatic carbocycles. The predicted molar refractivity (Wildman–Crippen MR) is 87.4 cm³/mol. The molecule has 1 aromatic rings. The van der Waals surface area contributed by atoms with Crippen LogP contribution in [-0.4, -0.2) is 36.3 Å². The van der Waals surface area contributed by atoms with Crippen LogP contribution in [0.2, 0.25) is 0 Å². The van der Waals surface area contributed by atoms with Gasteiger partial charge in [0.1, 0.15) is 0 Å². The molecule has 1 aliphatic rings. The normalized spacial score (nSPS) is 15.3. The highest BCUT2D eigenvalue weighted by Crippen LogP contribution is 2.21. The average Bonchev–Trinajstić information content (AvgIpc) is 2.55. The topological polar surface area (TPSA) is 49.4 Å². The van der Waals surface area contributed by atoms with Crippen LogP contribution >= 0.6 is 0 Å². The first-order chi connectivity index (χ1) is 10.7. The lowest BCUT2D eigenvalue weighted by atomic mass is 9.94. The highest BCUT2D eigenvalue weighted by Gasteiger charge is 2.21. The second kappa shape index (κ2) is 8.57. The highest BCUT2D eigenvalue weighted by molar-refractivity contribution is 5.80. The van der Waals surface area contributed by atoms with Gasteiger partial charge in [0.25, 0.3) is 0 Å². The van der Waals surface area contributed by atoms with Crippen LogP contribution < -0.4 is 5.32 Å². The van der Waals surface area contributed by atoms with E-state index in [0.29, 0.717) is 25.4 Å². The molecule has 0 heterocycles. The minimum Gasteiger partial charge on any atom is -0.355 e. The zero-order chi connectivity index (χ0) is 15.8. The van der Waals surface area contributed by atoms with Crippen molar-refractivity contribution in [2.24, 2.45) is 0 Å². The maximum Gasteiger partial charge on any atom is 0.224 e. The molecule has 0 saturated heterocycles. The minimum atomic E-state index is -0.0284. The molecule has 2 rings (SSSR count). The number of amides is 2. The van der Waals surface area contributed by atoms with Gasteiger partial charge in [-0.15, -0.1) is 0 Å². The van der Waals surface area contributed by atoms with Gasteiger partial charge >= 0.3 is 0 Å². The first-order valence-electron chi connectivity index (χ1n) is 8.23. The first kappa shape index (κ1) is 16.5. The summed E-state index contributed by atoms with van der Waals surface area (Å²) in [6.07, 6.45) is 6.70. The van der Waals surface area contributed by atoms with Gasteiger partial charge < -0.3 is 10.2 Å². The Hall–Kier alpha value is -1.84. The van der Waals surface area contributed by atoms with E-state index in [0.717, 1.165) is 18.4 Å². The molecule has 120 valence electrons. The van der Waals surface area contributed by atoms with E-state index in [2.05, 4.69) is 5.32 Å². The van der Waals surface area contributed by atoms with E-state index in [1.54, 1.807) is 0 Å². The van der Waals surface area contributed by atoms with Gasteiger partial charge in [0, 0.05) is 26.1 Å². The van der Waals surface area contributed by atoms with Crippen LogP contribution in [-0.2, 0) is 16.0 Å². The highest BCUT2D eigenvalue weighted by atomic mass is 16.2. The van der Waals surface area contributed by atoms with Crippen molar-refractivity contribution in [3.8, 4) is 0 Å². The SMILES string of the molecule is CN(C(=O)CCNC(=O)Cc1ccccc1)C1CCCCC1. The van der Waals surface area contributed by atoms with Gasteiger partial charge in [-0.3, -0.25) is 9.59 Å². The van der Waals surface area contributed by atoms with Crippen LogP contribution in [0.3, 0.4) is 0 Å². The van der Waals surface area contributed by atoms with Gasteiger partial charge in [0.05, 0.1) is 6.42 Å². The Morgan fingerprint density at radius 1 is 1.14 bits per heavy atom. The molecule has 0 spiro atoms. The number of nitrogens with zero attached hydrogens (tertiary/aromatic N) is 1. The smallest absolute Gasteiger partial charge is 0.224 e. The maximum absolute atomic E-state index is 12.2. The quantitative estimate of drug-likeness (QED) is 0.878. The minimum absolute atomic E-state index is 0.0284. The molecule has 0 aromatic heterocycles. The van der Waals surface area contributed by atoms with Gasteiger partial charge in [-0.25, -0.2) is 0 Å². The fourth-order valence-corrected chi connectivity index (χ4v) is 3.00. The van der Waals surface area contributed by atoms with Gasteiger partial charge in [-0.2, -0.15) is 0 Å². The number of carbonyl (C=O) groups excluding carboxylic acids is 2. The van der Waals surface area contributed by atoms with Crippen LogP contribution in [0.4, 0.5) is 0 Å². The summed E-state index contributed by atoms with van der Waals surface area (Å²) in [5.41, 5.74) is 0.991. The fourth-order valence-electron chi connectivity index (χ4n) is 3.00. The number of carbonyl (C=O) groups is 2. The van der Waals surface area contributed by atoms with E-state index in [4.69, 9.17) is 0 Å². The molecule has 4 heteroatoms. The summed E-state index contributed by atoms with van der Waals surface area (Å²) in [6, 6.07) is 10.0. The summed E-state index contributed by atoms with van der Waals surface area (Å²) >= 11 is 0. The second-order valence-electron chi connectivity index (χ2n) is 6.06. The molecule has 1 saturated carbocycles. The van der Waals surface area contributed by atoms with E-state index in [1.165, 1.54) is 19.3 Å². The predicted octanol–water partition coefficient (Wildman–Crippen LogP) is 2.53. The van der Waals surface area contributed by atoms with Crippen molar-refractivity contribution in [3.63, 3.8) is 0 Å². The molecule has 22 heavy (non-hydrogen) atoms. The van der Waals surface area contributed by atoms with Crippen LogP contribution in [0, 0.1) is 0 Å². The van der Waals surface area contributed by atoms with E-state index in [-0.39, 0.29) is 11.8 Å². The molecule has 4 nitrogen and oxygen atoms in total. The molecule has 0 aliphatic heterocycles. The molecule has 2 amide bonds. The molecular formula is C18H26N2O2. The molecule has 0 atom stereocenters. The monoisotopic (exact) mass is 302 g/mol. The van der Waals surface area contributed by atoms with Gasteiger partial charge in [0.2, 0.25) is 11.8 Å². The van der Waals surface area contributed by atoms with Crippen molar-refractivity contribution in [2.45, 2.75) is 51.0 Å². The third-order valence-corrected chi connectivity index (χ3v) is 4.38. The number of rotatable bonds is 6. The van der Waals surface area contributed by atoms with Gasteiger partial charge in [-0.1, -0.05) is 49.6 Å². The van der Waals surface area contributed by atoms with Crippen molar-refractivity contribution in [1.82, 2.24) is 10.2 Å². The average molecular weight is 302 g/mol. The summed E-state index contributed by atoms with van der Waals surface area (Å²) < 4.78 is 0. The van der Waals surface area contributed by atoms with Crippen molar-refractivity contribution in [3.05, 3.63) is 35.9 Å². The lowest BCUT2D eigenvalue weighted by Crippen LogP contribution is -2.40. The molecular weight excluding hydrogens is 276 g/mol. The van der Waals surface area contributed by atoms with Gasteiger partial charge in [-0.05, 0) is 18.4 Å². The first-order valence-corrected chi connectivity index (χ1v) is 8.23. The Morgan fingerprint density at radius 2 is 1.82 bits per heavy atom. The Kier molecular flexibility index (Phi) is 6.44. The summed E-state index contributed by atoms with van der Waals surface area (Å²) in [4.78, 5) is 25.9. The number of hydrogen-bond donors (Lipinski definition) is 1. The van der Waals surface area contributed by atoms with Crippen molar-refractivity contribution < 1.29 is 9.59 Å². The van der Waals surface area contributed by atoms with E-state index in [1.807, 2.05) is 42.3 Å². The van der Waals surface area contributed by atoms with E-state index in [9.17, 15) is 9.59 Å². The molecule has 1 fully saturated rings. The summed E-state index contributed by atoms with van der Waals surface area (Å²) in [5.74, 6) is 0.103. The zero-order valence-corrected chi connectivity index (χ0v) is 13.4. The zero-order valence-electron chi connectivity index (χ0n) is 13.4. The van der Waals surface area contributed by atoms with Crippen molar-refractivity contribution in [1.29, 1.82) is 0 Å². The molecule has 0 bridgehead atoms. The van der Waals surface area contributed by atoms with Crippen LogP contribution in [0.15, 0.2) is 30.3 Å². The summed E-state index contributed by atoms with van der Waals surface area (Å²) in [6.45, 7) is 0.418. The third kappa shape index (κ3) is 5.17. The maximum atomic E-state index is 12.2. The van der Waals surface area contributed by atoms with Crippen LogP contribution in [0.1, 0.15) is 44.1 Å². The summed E-state index contributed by atoms with van der Waals surface area (Å²) in [5, 5.41) is 2.83. The van der Waals surface area contributed by atoms with Crippen molar-refractivity contribution in [2.75, 3.05) is 13.6 Å². The van der Waals surface area contributed by atoms with E-state index < -0.39 is 0 Å². The van der Waals surface area contributed by atoms with E-state index >= 15 is 0 Å². The van der Waals surface area contributed by atoms with Crippen LogP contribution in [0.5, 0.6) is 0 Å². The standard InChI is InChI=1S/C18H26N2O2/c1-20(16-10-6-3-7-11-16)18(22)12-13-19-17(21)14-15-8-4-2-5-9-15/h2,4-5,8-9,16H,3,6-7,10-14H2,1H3,(H,19,21). The Labute approximate surface area is 132 Å². The number of benzene rings is 1. The lowest BCUT2D eigenvalue weighted by molar-refractivity contribution is -0.132. The van der Waals surface area contributed by atoms with Gasteiger partial charge in [0.15, 0.2) is 0 Å². The molecule has 1 aromatic carbocycles. The third-order valence-electron chi connectivity index (χ3n) is 4.38. The summed E-state index contributed by atoms with van der Waals surface area (Å²) in [7, 11) is 1.89.